The molecule has 92 valence electrons. The van der Waals surface area contributed by atoms with Gasteiger partial charge in [-0.1, -0.05) is 12.8 Å². The summed E-state index contributed by atoms with van der Waals surface area (Å²) < 4.78 is 5.08. The van der Waals surface area contributed by atoms with Crippen LogP contribution in [0.2, 0.25) is 0 Å². The van der Waals surface area contributed by atoms with Crippen molar-refractivity contribution in [2.24, 2.45) is 5.92 Å². The molecule has 0 spiro atoms. The molecule has 3 N–H and O–H groups in total. The first-order valence-electron chi connectivity index (χ1n) is 5.92. The SMILES string of the molecule is COc1cc(C(=O)NCCC2CC2)ccc1N. The number of nitrogens with two attached hydrogens (primary N) is 1. The molecule has 0 unspecified atom stereocenters. The third kappa shape index (κ3) is 3.12. The monoisotopic (exact) mass is 234 g/mol. The average Bonchev–Trinajstić information content (AvgIpc) is 3.13. The van der Waals surface area contributed by atoms with Crippen LogP contribution in [0.3, 0.4) is 0 Å². The molecular formula is C13H18N2O2. The van der Waals surface area contributed by atoms with E-state index in [1.165, 1.54) is 12.8 Å². The van der Waals surface area contributed by atoms with Gasteiger partial charge in [-0.05, 0) is 30.5 Å². The summed E-state index contributed by atoms with van der Waals surface area (Å²) in [5.41, 5.74) is 6.82. The number of anilines is 1. The van der Waals surface area contributed by atoms with Crippen molar-refractivity contribution in [1.82, 2.24) is 5.32 Å². The number of nitrogens with one attached hydrogen (secondary N) is 1. The minimum absolute atomic E-state index is 0.0658. The summed E-state index contributed by atoms with van der Waals surface area (Å²) in [5, 5.41) is 2.91. The van der Waals surface area contributed by atoms with E-state index in [-0.39, 0.29) is 5.91 Å². The molecule has 2 rings (SSSR count). The predicted octanol–water partition coefficient (Wildman–Crippen LogP) is 1.81. The molecule has 0 radical (unpaired) electrons. The lowest BCUT2D eigenvalue weighted by Gasteiger charge is -2.08. The lowest BCUT2D eigenvalue weighted by Crippen LogP contribution is -2.24. The van der Waals surface area contributed by atoms with Gasteiger partial charge in [0, 0.05) is 12.1 Å². The van der Waals surface area contributed by atoms with Crippen LogP contribution in [0, 0.1) is 5.92 Å². The van der Waals surface area contributed by atoms with Crippen LogP contribution in [0.4, 0.5) is 5.69 Å². The van der Waals surface area contributed by atoms with Crippen LogP contribution >= 0.6 is 0 Å². The average molecular weight is 234 g/mol. The molecule has 1 aromatic rings. The molecule has 0 bridgehead atoms. The Balaban J connectivity index is 1.92. The Morgan fingerprint density at radius 3 is 2.94 bits per heavy atom. The third-order valence-corrected chi connectivity index (χ3v) is 3.03. The van der Waals surface area contributed by atoms with Gasteiger partial charge in [0.2, 0.25) is 0 Å². The molecular weight excluding hydrogens is 216 g/mol. The number of hydrogen-bond donors (Lipinski definition) is 2. The Morgan fingerprint density at radius 2 is 2.29 bits per heavy atom. The summed E-state index contributed by atoms with van der Waals surface area (Å²) in [6.07, 6.45) is 3.70. The highest BCUT2D eigenvalue weighted by Gasteiger charge is 2.20. The predicted molar refractivity (Wildman–Crippen MR) is 67.1 cm³/mol. The zero-order valence-corrected chi connectivity index (χ0v) is 10.0. The minimum Gasteiger partial charge on any atom is -0.495 e. The Bertz CT molecular complexity index is 414. The summed E-state index contributed by atoms with van der Waals surface area (Å²) in [6.45, 7) is 0.746. The van der Waals surface area contributed by atoms with Gasteiger partial charge in [-0.25, -0.2) is 0 Å². The number of methoxy groups -OCH3 is 1. The summed E-state index contributed by atoms with van der Waals surface area (Å²) in [5.74, 6) is 1.31. The maximum atomic E-state index is 11.8. The zero-order valence-electron chi connectivity index (χ0n) is 10.0. The molecule has 1 amide bonds. The van der Waals surface area contributed by atoms with E-state index in [4.69, 9.17) is 10.5 Å². The van der Waals surface area contributed by atoms with Gasteiger partial charge in [0.15, 0.2) is 0 Å². The van der Waals surface area contributed by atoms with Gasteiger partial charge in [-0.15, -0.1) is 0 Å². The summed E-state index contributed by atoms with van der Waals surface area (Å²) in [6, 6.07) is 5.07. The summed E-state index contributed by atoms with van der Waals surface area (Å²) >= 11 is 0. The fraction of sp³-hybridized carbons (Fsp3) is 0.462. The number of rotatable bonds is 5. The normalized spacial score (nSPS) is 14.4. The van der Waals surface area contributed by atoms with Crippen molar-refractivity contribution in [3.63, 3.8) is 0 Å². The maximum absolute atomic E-state index is 11.8. The molecule has 0 aliphatic heterocycles. The van der Waals surface area contributed by atoms with Gasteiger partial charge in [0.1, 0.15) is 5.75 Å². The van der Waals surface area contributed by atoms with Crippen LogP contribution in [-0.2, 0) is 0 Å². The molecule has 0 aromatic heterocycles. The first-order valence-corrected chi connectivity index (χ1v) is 5.92. The van der Waals surface area contributed by atoms with Gasteiger partial charge in [0.25, 0.3) is 5.91 Å². The second-order valence-corrected chi connectivity index (χ2v) is 4.44. The zero-order chi connectivity index (χ0) is 12.3. The number of hydrogen-bond acceptors (Lipinski definition) is 3. The molecule has 0 saturated heterocycles. The first kappa shape index (κ1) is 11.8. The molecule has 4 heteroatoms. The first-order chi connectivity index (χ1) is 8.20. The molecule has 17 heavy (non-hydrogen) atoms. The molecule has 1 aliphatic rings. The van der Waals surface area contributed by atoms with Crippen molar-refractivity contribution in [3.8, 4) is 5.75 Å². The molecule has 1 fully saturated rings. The molecule has 0 heterocycles. The van der Waals surface area contributed by atoms with Gasteiger partial charge in [-0.3, -0.25) is 4.79 Å². The molecule has 0 atom stereocenters. The number of carbonyl (C=O) groups excluding carboxylic acids is 1. The topological polar surface area (TPSA) is 64.3 Å². The lowest BCUT2D eigenvalue weighted by atomic mass is 10.1. The Labute approximate surface area is 101 Å². The second kappa shape index (κ2) is 5.08. The van der Waals surface area contributed by atoms with Crippen LogP contribution in [0.15, 0.2) is 18.2 Å². The van der Waals surface area contributed by atoms with E-state index >= 15 is 0 Å². The highest BCUT2D eigenvalue weighted by molar-refractivity contribution is 5.95. The molecule has 4 nitrogen and oxygen atoms in total. The van der Waals surface area contributed by atoms with Gasteiger partial charge >= 0.3 is 0 Å². The van der Waals surface area contributed by atoms with Crippen molar-refractivity contribution in [3.05, 3.63) is 23.8 Å². The molecule has 1 aliphatic carbocycles. The van der Waals surface area contributed by atoms with Crippen LogP contribution in [0.25, 0.3) is 0 Å². The van der Waals surface area contributed by atoms with Crippen molar-refractivity contribution in [1.29, 1.82) is 0 Å². The fourth-order valence-corrected chi connectivity index (χ4v) is 1.75. The smallest absolute Gasteiger partial charge is 0.251 e. The van der Waals surface area contributed by atoms with E-state index in [2.05, 4.69) is 5.32 Å². The van der Waals surface area contributed by atoms with Crippen molar-refractivity contribution >= 4 is 11.6 Å². The lowest BCUT2D eigenvalue weighted by molar-refractivity contribution is 0.0952. The Hall–Kier alpha value is -1.71. The van der Waals surface area contributed by atoms with E-state index < -0.39 is 0 Å². The third-order valence-electron chi connectivity index (χ3n) is 3.03. The number of ether oxygens (including phenoxy) is 1. The van der Waals surface area contributed by atoms with Crippen molar-refractivity contribution in [2.45, 2.75) is 19.3 Å². The molecule has 1 saturated carbocycles. The van der Waals surface area contributed by atoms with E-state index in [1.807, 2.05) is 0 Å². The number of nitrogen functional groups attached to an aromatic ring is 1. The van der Waals surface area contributed by atoms with E-state index in [0.717, 1.165) is 18.9 Å². The number of benzene rings is 1. The van der Waals surface area contributed by atoms with Gasteiger partial charge in [0.05, 0.1) is 12.8 Å². The summed E-state index contributed by atoms with van der Waals surface area (Å²) in [7, 11) is 1.54. The minimum atomic E-state index is -0.0658. The van der Waals surface area contributed by atoms with Crippen LogP contribution < -0.4 is 15.8 Å². The number of carbonyl (C=O) groups is 1. The molecule has 1 aromatic carbocycles. The highest BCUT2D eigenvalue weighted by atomic mass is 16.5. The van der Waals surface area contributed by atoms with Crippen LogP contribution in [0.1, 0.15) is 29.6 Å². The Morgan fingerprint density at radius 1 is 1.53 bits per heavy atom. The number of amides is 1. The summed E-state index contributed by atoms with van der Waals surface area (Å²) in [4.78, 5) is 11.8. The van der Waals surface area contributed by atoms with Crippen LogP contribution in [-0.4, -0.2) is 19.6 Å². The largest absolute Gasteiger partial charge is 0.495 e. The van der Waals surface area contributed by atoms with E-state index in [1.54, 1.807) is 25.3 Å². The standard InChI is InChI=1S/C13H18N2O2/c1-17-12-8-10(4-5-11(12)14)13(16)15-7-6-9-2-3-9/h4-5,8-9H,2-3,6-7,14H2,1H3,(H,15,16). The van der Waals surface area contributed by atoms with Gasteiger partial charge < -0.3 is 15.8 Å². The van der Waals surface area contributed by atoms with Crippen molar-refractivity contribution < 1.29 is 9.53 Å². The van der Waals surface area contributed by atoms with Gasteiger partial charge in [-0.2, -0.15) is 0 Å². The quantitative estimate of drug-likeness (QED) is 0.764. The van der Waals surface area contributed by atoms with Crippen molar-refractivity contribution in [2.75, 3.05) is 19.4 Å². The van der Waals surface area contributed by atoms with E-state index in [0.29, 0.717) is 17.0 Å². The fourth-order valence-electron chi connectivity index (χ4n) is 1.75. The van der Waals surface area contributed by atoms with Crippen LogP contribution in [0.5, 0.6) is 5.75 Å². The Kier molecular flexibility index (Phi) is 3.52. The van der Waals surface area contributed by atoms with E-state index in [9.17, 15) is 4.79 Å². The highest BCUT2D eigenvalue weighted by Crippen LogP contribution is 2.31. The second-order valence-electron chi connectivity index (χ2n) is 4.44. The maximum Gasteiger partial charge on any atom is 0.251 e.